The van der Waals surface area contributed by atoms with E-state index in [1.54, 1.807) is 60.7 Å². The Morgan fingerprint density at radius 2 is 1.43 bits per heavy atom. The predicted molar refractivity (Wildman–Crippen MR) is 156 cm³/mol. The van der Waals surface area contributed by atoms with Crippen LogP contribution >= 0.6 is 0 Å². The fourth-order valence-corrected chi connectivity index (χ4v) is 4.11. The van der Waals surface area contributed by atoms with Gasteiger partial charge in [0.05, 0.1) is 19.9 Å². The second-order valence-corrected chi connectivity index (χ2v) is 8.89. The van der Waals surface area contributed by atoms with Crippen LogP contribution in [-0.4, -0.2) is 31.9 Å². The van der Waals surface area contributed by atoms with Gasteiger partial charge in [-0.2, -0.15) is 0 Å². The first-order valence-corrected chi connectivity index (χ1v) is 12.5. The number of anilines is 2. The molecule has 0 aliphatic carbocycles. The second-order valence-electron chi connectivity index (χ2n) is 8.89. The first-order chi connectivity index (χ1) is 19.4. The maximum atomic E-state index is 13.7. The maximum Gasteiger partial charge on any atom is 0.255 e. The lowest BCUT2D eigenvalue weighted by Gasteiger charge is -2.24. The number of carbonyl (C=O) groups is 2. The minimum absolute atomic E-state index is 0.0606. The fourth-order valence-electron chi connectivity index (χ4n) is 4.11. The van der Waals surface area contributed by atoms with E-state index in [9.17, 15) is 9.59 Å². The Hall–Kier alpha value is -5.31. The van der Waals surface area contributed by atoms with Crippen molar-refractivity contribution in [1.29, 1.82) is 5.41 Å². The van der Waals surface area contributed by atoms with Crippen molar-refractivity contribution in [2.75, 3.05) is 24.9 Å². The number of methoxy groups -OCH3 is 2. The molecule has 1 unspecified atom stereocenters. The number of rotatable bonds is 11. The molecular weight excluding hydrogens is 506 g/mol. The van der Waals surface area contributed by atoms with Gasteiger partial charge >= 0.3 is 0 Å². The lowest BCUT2D eigenvalue weighted by molar-refractivity contribution is -0.122. The highest BCUT2D eigenvalue weighted by Crippen LogP contribution is 2.38. The van der Waals surface area contributed by atoms with Gasteiger partial charge in [0, 0.05) is 35.0 Å². The third-order valence-electron chi connectivity index (χ3n) is 6.23. The van der Waals surface area contributed by atoms with Gasteiger partial charge in [-0.3, -0.25) is 15.0 Å². The zero-order valence-corrected chi connectivity index (χ0v) is 22.2. The molecule has 6 N–H and O–H groups in total. The molecule has 4 aromatic carbocycles. The van der Waals surface area contributed by atoms with Gasteiger partial charge in [-0.1, -0.05) is 48.5 Å². The van der Waals surface area contributed by atoms with Crippen molar-refractivity contribution in [3.8, 4) is 11.5 Å². The topological polar surface area (TPSA) is 139 Å². The summed E-state index contributed by atoms with van der Waals surface area (Å²) in [5.41, 5.74) is 9.00. The molecule has 0 fully saturated rings. The Labute approximate surface area is 232 Å². The van der Waals surface area contributed by atoms with Crippen LogP contribution in [0.4, 0.5) is 11.4 Å². The summed E-state index contributed by atoms with van der Waals surface area (Å²) in [7, 11) is 3.00. The van der Waals surface area contributed by atoms with Crippen molar-refractivity contribution in [1.82, 2.24) is 5.32 Å². The van der Waals surface area contributed by atoms with Gasteiger partial charge in [-0.25, -0.2) is 0 Å². The number of nitrogens with two attached hydrogens (primary N) is 1. The molecule has 2 amide bonds. The van der Waals surface area contributed by atoms with Gasteiger partial charge < -0.3 is 31.2 Å². The number of benzene rings is 4. The highest BCUT2D eigenvalue weighted by Gasteiger charge is 2.27. The second kappa shape index (κ2) is 13.0. The van der Waals surface area contributed by atoms with E-state index in [1.807, 2.05) is 36.4 Å². The summed E-state index contributed by atoms with van der Waals surface area (Å²) < 4.78 is 11.0. The van der Waals surface area contributed by atoms with E-state index < -0.39 is 6.04 Å². The zero-order chi connectivity index (χ0) is 28.5. The number of nitrogen functional groups attached to an aromatic ring is 1. The summed E-state index contributed by atoms with van der Waals surface area (Å²) in [6.45, 7) is 0.306. The number of hydrogen-bond donors (Lipinski definition) is 5. The van der Waals surface area contributed by atoms with E-state index in [0.29, 0.717) is 46.1 Å². The SMILES string of the molecule is COc1cc(NC(=O)c2ccccc2)c(C(Nc2ccc(C(=N)N)cc2)C(=O)NCc2ccccc2)cc1OC. The van der Waals surface area contributed by atoms with Crippen LogP contribution in [-0.2, 0) is 11.3 Å². The van der Waals surface area contributed by atoms with Crippen LogP contribution in [0, 0.1) is 5.41 Å². The standard InChI is InChI=1S/C31H31N5O4/c1-39-26-17-24(25(18-27(26)40-2)36-30(37)22-11-7-4-8-12-22)28(31(38)34-19-20-9-5-3-6-10-20)35-23-15-13-21(14-16-23)29(32)33/h3-18,28,35H,19H2,1-2H3,(H3,32,33)(H,34,38)(H,36,37). The van der Waals surface area contributed by atoms with E-state index in [2.05, 4.69) is 16.0 Å². The molecule has 0 spiro atoms. The number of carbonyl (C=O) groups excluding carboxylic acids is 2. The molecule has 1 atom stereocenters. The molecule has 9 heteroatoms. The van der Waals surface area contributed by atoms with Gasteiger partial charge in [0.15, 0.2) is 11.5 Å². The number of ether oxygens (including phenoxy) is 2. The molecular formula is C31H31N5O4. The Morgan fingerprint density at radius 1 is 0.825 bits per heavy atom. The van der Waals surface area contributed by atoms with Crippen LogP contribution in [0.1, 0.15) is 33.1 Å². The molecule has 0 aromatic heterocycles. The monoisotopic (exact) mass is 537 g/mol. The Morgan fingerprint density at radius 3 is 2.02 bits per heavy atom. The highest BCUT2D eigenvalue weighted by atomic mass is 16.5. The maximum absolute atomic E-state index is 13.7. The van der Waals surface area contributed by atoms with Crippen LogP contribution in [0.25, 0.3) is 0 Å². The van der Waals surface area contributed by atoms with E-state index >= 15 is 0 Å². The zero-order valence-electron chi connectivity index (χ0n) is 22.2. The number of amidine groups is 1. The summed E-state index contributed by atoms with van der Waals surface area (Å²) in [4.78, 5) is 26.9. The van der Waals surface area contributed by atoms with Crippen molar-refractivity contribution in [3.05, 3.63) is 119 Å². The highest BCUT2D eigenvalue weighted by molar-refractivity contribution is 6.05. The molecule has 0 radical (unpaired) electrons. The van der Waals surface area contributed by atoms with Crippen LogP contribution in [0.2, 0.25) is 0 Å². The molecule has 40 heavy (non-hydrogen) atoms. The summed E-state index contributed by atoms with van der Waals surface area (Å²) in [5, 5.41) is 16.8. The van der Waals surface area contributed by atoms with Gasteiger partial charge in [0.25, 0.3) is 5.91 Å². The average molecular weight is 538 g/mol. The summed E-state index contributed by atoms with van der Waals surface area (Å²) in [6, 6.07) is 27.5. The summed E-state index contributed by atoms with van der Waals surface area (Å²) in [6.07, 6.45) is 0. The molecule has 4 aromatic rings. The average Bonchev–Trinajstić information content (AvgIpc) is 2.99. The van der Waals surface area contributed by atoms with Crippen molar-refractivity contribution < 1.29 is 19.1 Å². The minimum Gasteiger partial charge on any atom is -0.493 e. The number of nitrogens with one attached hydrogen (secondary N) is 4. The molecule has 9 nitrogen and oxygen atoms in total. The lowest BCUT2D eigenvalue weighted by Crippen LogP contribution is -2.34. The van der Waals surface area contributed by atoms with E-state index in [0.717, 1.165) is 5.56 Å². The van der Waals surface area contributed by atoms with Crippen molar-refractivity contribution in [3.63, 3.8) is 0 Å². The Balaban J connectivity index is 1.75. The third-order valence-corrected chi connectivity index (χ3v) is 6.23. The van der Waals surface area contributed by atoms with Crippen molar-refractivity contribution >= 4 is 29.0 Å². The van der Waals surface area contributed by atoms with Crippen molar-refractivity contribution in [2.45, 2.75) is 12.6 Å². The molecule has 0 heterocycles. The lowest BCUT2D eigenvalue weighted by atomic mass is 10.0. The largest absolute Gasteiger partial charge is 0.493 e. The van der Waals surface area contributed by atoms with E-state index in [4.69, 9.17) is 20.6 Å². The first-order valence-electron chi connectivity index (χ1n) is 12.5. The minimum atomic E-state index is -0.947. The molecule has 4 rings (SSSR count). The summed E-state index contributed by atoms with van der Waals surface area (Å²) in [5.74, 6) is 0.0495. The Kier molecular flexibility index (Phi) is 8.99. The van der Waals surface area contributed by atoms with Crippen molar-refractivity contribution in [2.24, 2.45) is 5.73 Å². The quantitative estimate of drug-likeness (QED) is 0.139. The van der Waals surface area contributed by atoms with Gasteiger partial charge in [0.1, 0.15) is 11.9 Å². The number of amides is 2. The van der Waals surface area contributed by atoms with Gasteiger partial charge in [-0.15, -0.1) is 0 Å². The van der Waals surface area contributed by atoms with E-state index in [-0.39, 0.29) is 17.6 Å². The molecule has 204 valence electrons. The van der Waals surface area contributed by atoms with Gasteiger partial charge in [0.2, 0.25) is 5.91 Å². The normalized spacial score (nSPS) is 11.2. The molecule has 0 saturated carbocycles. The molecule has 0 aliphatic rings. The smallest absolute Gasteiger partial charge is 0.255 e. The fraction of sp³-hybridized carbons (Fsp3) is 0.129. The Bertz CT molecular complexity index is 1480. The van der Waals surface area contributed by atoms with Crippen LogP contribution in [0.15, 0.2) is 97.1 Å². The molecule has 0 aliphatic heterocycles. The molecule has 0 saturated heterocycles. The van der Waals surface area contributed by atoms with Gasteiger partial charge in [-0.05, 0) is 48.0 Å². The third kappa shape index (κ3) is 6.76. The van der Waals surface area contributed by atoms with Crippen LogP contribution in [0.5, 0.6) is 11.5 Å². The van der Waals surface area contributed by atoms with Crippen LogP contribution in [0.3, 0.4) is 0 Å². The molecule has 0 bridgehead atoms. The number of hydrogen-bond acceptors (Lipinski definition) is 6. The first kappa shape index (κ1) is 27.7. The van der Waals surface area contributed by atoms with Crippen LogP contribution < -0.4 is 31.2 Å². The summed E-state index contributed by atoms with van der Waals surface area (Å²) >= 11 is 0. The predicted octanol–water partition coefficient (Wildman–Crippen LogP) is 4.71. The van der Waals surface area contributed by atoms with E-state index in [1.165, 1.54) is 14.2 Å².